The summed E-state index contributed by atoms with van der Waals surface area (Å²) >= 11 is 1.56. The van der Waals surface area contributed by atoms with Crippen LogP contribution in [0.15, 0.2) is 0 Å². The molecule has 0 N–H and O–H groups in total. The normalized spacial score (nSPS) is 26.1. The fourth-order valence-electron chi connectivity index (χ4n) is 1.72. The maximum atomic E-state index is 11.8. The first-order chi connectivity index (χ1) is 7.17. The molecule has 1 heterocycles. The summed E-state index contributed by atoms with van der Waals surface area (Å²) in [6.45, 7) is 0. The highest BCUT2D eigenvalue weighted by Crippen LogP contribution is 2.36. The van der Waals surface area contributed by atoms with Gasteiger partial charge in [-0.3, -0.25) is 9.59 Å². The van der Waals surface area contributed by atoms with Crippen LogP contribution < -0.4 is 0 Å². The van der Waals surface area contributed by atoms with Crippen LogP contribution >= 0.6 is 11.8 Å². The first-order valence-electron chi connectivity index (χ1n) is 4.80. The minimum Gasteiger partial charge on any atom is -0.468 e. The molecular formula is C10H14O4S. The third kappa shape index (κ3) is 2.40. The summed E-state index contributed by atoms with van der Waals surface area (Å²) in [5.41, 5.74) is -1.07. The van der Waals surface area contributed by atoms with Crippen LogP contribution in [-0.2, 0) is 19.1 Å². The number of carbonyl (C=O) groups excluding carboxylic acids is 3. The maximum absolute atomic E-state index is 11.8. The molecule has 1 saturated heterocycles. The zero-order chi connectivity index (χ0) is 11.3. The van der Waals surface area contributed by atoms with Gasteiger partial charge >= 0.3 is 5.97 Å². The molecule has 0 aliphatic carbocycles. The molecule has 0 amide bonds. The van der Waals surface area contributed by atoms with Crippen LogP contribution in [0.4, 0.5) is 0 Å². The van der Waals surface area contributed by atoms with Crippen molar-refractivity contribution in [3.63, 3.8) is 0 Å². The molecule has 1 fully saturated rings. The molecule has 1 aliphatic heterocycles. The van der Waals surface area contributed by atoms with Crippen molar-refractivity contribution in [2.45, 2.75) is 19.3 Å². The van der Waals surface area contributed by atoms with Gasteiger partial charge in [0.1, 0.15) is 11.7 Å². The summed E-state index contributed by atoms with van der Waals surface area (Å²) in [4.78, 5) is 33.8. The number of carbonyl (C=O) groups is 3. The van der Waals surface area contributed by atoms with Gasteiger partial charge in [-0.1, -0.05) is 0 Å². The number of Topliss-reactive ketones (excluding diaryl/α,β-unsaturated/α-hetero) is 1. The van der Waals surface area contributed by atoms with Gasteiger partial charge in [0.25, 0.3) is 0 Å². The molecule has 0 aromatic carbocycles. The maximum Gasteiger partial charge on any atom is 0.320 e. The second-order valence-electron chi connectivity index (χ2n) is 3.50. The summed E-state index contributed by atoms with van der Waals surface area (Å²) < 4.78 is 4.67. The second kappa shape index (κ2) is 5.30. The van der Waals surface area contributed by atoms with Crippen LogP contribution in [0.1, 0.15) is 19.3 Å². The first-order valence-corrected chi connectivity index (χ1v) is 5.96. The largest absolute Gasteiger partial charge is 0.468 e. The van der Waals surface area contributed by atoms with Crippen LogP contribution in [0.3, 0.4) is 0 Å². The summed E-state index contributed by atoms with van der Waals surface area (Å²) in [5, 5.41) is 0. The predicted molar refractivity (Wildman–Crippen MR) is 56.7 cm³/mol. The van der Waals surface area contributed by atoms with Crippen molar-refractivity contribution in [3.8, 4) is 0 Å². The number of aldehydes is 1. The Morgan fingerprint density at radius 3 is 2.93 bits per heavy atom. The predicted octanol–water partition coefficient (Wildman–Crippen LogP) is 0.831. The molecule has 1 rings (SSSR count). The Labute approximate surface area is 92.7 Å². The summed E-state index contributed by atoms with van der Waals surface area (Å²) in [6.07, 6.45) is 1.62. The zero-order valence-corrected chi connectivity index (χ0v) is 9.47. The summed E-state index contributed by atoms with van der Waals surface area (Å²) in [5.74, 6) is 0.599. The molecule has 4 nitrogen and oxygen atoms in total. The quantitative estimate of drug-likeness (QED) is 0.407. The van der Waals surface area contributed by atoms with Crippen LogP contribution in [0.2, 0.25) is 0 Å². The van der Waals surface area contributed by atoms with Crippen molar-refractivity contribution in [2.24, 2.45) is 5.41 Å². The van der Waals surface area contributed by atoms with E-state index in [9.17, 15) is 14.4 Å². The van der Waals surface area contributed by atoms with Crippen molar-refractivity contribution in [2.75, 3.05) is 18.6 Å². The lowest BCUT2D eigenvalue weighted by molar-refractivity contribution is -0.157. The molecule has 1 unspecified atom stereocenters. The molecule has 1 aliphatic rings. The molecule has 84 valence electrons. The molecule has 15 heavy (non-hydrogen) atoms. The van der Waals surface area contributed by atoms with Crippen molar-refractivity contribution < 1.29 is 19.1 Å². The number of ketones is 1. The lowest BCUT2D eigenvalue weighted by Gasteiger charge is -2.31. The molecule has 0 spiro atoms. The highest BCUT2D eigenvalue weighted by atomic mass is 32.2. The Balaban J connectivity index is 2.87. The van der Waals surface area contributed by atoms with Crippen molar-refractivity contribution >= 4 is 29.8 Å². The molecule has 0 bridgehead atoms. The minimum atomic E-state index is -1.07. The second-order valence-corrected chi connectivity index (χ2v) is 4.61. The first kappa shape index (κ1) is 12.2. The van der Waals surface area contributed by atoms with Gasteiger partial charge in [0, 0.05) is 24.3 Å². The van der Waals surface area contributed by atoms with Crippen LogP contribution in [0.5, 0.6) is 0 Å². The van der Waals surface area contributed by atoms with E-state index in [2.05, 4.69) is 4.74 Å². The summed E-state index contributed by atoms with van der Waals surface area (Å²) in [6, 6.07) is 0. The Bertz CT molecular complexity index is 267. The van der Waals surface area contributed by atoms with E-state index >= 15 is 0 Å². The molecule has 5 heteroatoms. The number of ether oxygens (including phenoxy) is 1. The topological polar surface area (TPSA) is 60.4 Å². The van der Waals surface area contributed by atoms with Crippen molar-refractivity contribution in [3.05, 3.63) is 0 Å². The van der Waals surface area contributed by atoms with Crippen molar-refractivity contribution in [1.82, 2.24) is 0 Å². The standard InChI is InChI=1S/C10H14O4S/c1-14-9(13)10(4-2-5-11)7-15-6-3-8(10)12/h5H,2-4,6-7H2,1H3. The molecule has 1 atom stereocenters. The number of esters is 1. The van der Waals surface area contributed by atoms with E-state index < -0.39 is 11.4 Å². The van der Waals surface area contributed by atoms with Crippen LogP contribution in [0.25, 0.3) is 0 Å². The Hall–Kier alpha value is -0.840. The fourth-order valence-corrected chi connectivity index (χ4v) is 2.96. The van der Waals surface area contributed by atoms with Gasteiger partial charge < -0.3 is 9.53 Å². The number of thioether (sulfide) groups is 1. The van der Waals surface area contributed by atoms with Gasteiger partial charge in [-0.2, -0.15) is 11.8 Å². The highest BCUT2D eigenvalue weighted by molar-refractivity contribution is 7.99. The molecule has 0 aromatic heterocycles. The Kier molecular flexibility index (Phi) is 4.32. The monoisotopic (exact) mass is 230 g/mol. The molecule has 0 aromatic rings. The number of rotatable bonds is 4. The van der Waals surface area contributed by atoms with E-state index in [1.165, 1.54) is 7.11 Å². The summed E-state index contributed by atoms with van der Waals surface area (Å²) in [7, 11) is 1.28. The van der Waals surface area contributed by atoms with Crippen LogP contribution in [0, 0.1) is 5.41 Å². The average molecular weight is 230 g/mol. The van der Waals surface area contributed by atoms with E-state index in [4.69, 9.17) is 0 Å². The smallest absolute Gasteiger partial charge is 0.320 e. The van der Waals surface area contributed by atoms with Gasteiger partial charge in [-0.15, -0.1) is 0 Å². The highest BCUT2D eigenvalue weighted by Gasteiger charge is 2.47. The molecule has 0 radical (unpaired) electrons. The minimum absolute atomic E-state index is 0.0880. The average Bonchev–Trinajstić information content (AvgIpc) is 2.27. The van der Waals surface area contributed by atoms with Crippen LogP contribution in [-0.4, -0.2) is 36.7 Å². The van der Waals surface area contributed by atoms with E-state index in [0.29, 0.717) is 12.2 Å². The Morgan fingerprint density at radius 2 is 2.40 bits per heavy atom. The third-order valence-electron chi connectivity index (χ3n) is 2.62. The zero-order valence-electron chi connectivity index (χ0n) is 8.65. The van der Waals surface area contributed by atoms with Gasteiger partial charge in [-0.25, -0.2) is 0 Å². The number of hydrogen-bond donors (Lipinski definition) is 0. The van der Waals surface area contributed by atoms with Gasteiger partial charge in [0.15, 0.2) is 5.78 Å². The van der Waals surface area contributed by atoms with E-state index in [-0.39, 0.29) is 18.6 Å². The van der Waals surface area contributed by atoms with E-state index in [1.807, 2.05) is 0 Å². The molecule has 0 saturated carbocycles. The molecular weight excluding hydrogens is 216 g/mol. The Morgan fingerprint density at radius 1 is 1.67 bits per heavy atom. The SMILES string of the molecule is COC(=O)C1(CCC=O)CSCCC1=O. The van der Waals surface area contributed by atoms with Crippen molar-refractivity contribution in [1.29, 1.82) is 0 Å². The van der Waals surface area contributed by atoms with Gasteiger partial charge in [0.2, 0.25) is 0 Å². The fraction of sp³-hybridized carbons (Fsp3) is 0.700. The van der Waals surface area contributed by atoms with Gasteiger partial charge in [0.05, 0.1) is 7.11 Å². The third-order valence-corrected chi connectivity index (χ3v) is 3.81. The lowest BCUT2D eigenvalue weighted by Crippen LogP contribution is -2.45. The van der Waals surface area contributed by atoms with E-state index in [1.54, 1.807) is 11.8 Å². The van der Waals surface area contributed by atoms with E-state index in [0.717, 1.165) is 12.0 Å². The van der Waals surface area contributed by atoms with Gasteiger partial charge in [-0.05, 0) is 6.42 Å². The number of hydrogen-bond acceptors (Lipinski definition) is 5. The number of methoxy groups -OCH3 is 1. The lowest BCUT2D eigenvalue weighted by atomic mass is 9.79.